The highest BCUT2D eigenvalue weighted by Crippen LogP contribution is 2.37. The third kappa shape index (κ3) is 3.06. The Bertz CT molecular complexity index is 962. The summed E-state index contributed by atoms with van der Waals surface area (Å²) in [7, 11) is 0. The van der Waals surface area contributed by atoms with E-state index in [0.29, 0.717) is 11.3 Å². The van der Waals surface area contributed by atoms with Crippen LogP contribution in [0.1, 0.15) is 40.9 Å². The van der Waals surface area contributed by atoms with Crippen molar-refractivity contribution in [3.63, 3.8) is 0 Å². The van der Waals surface area contributed by atoms with Crippen LogP contribution in [0.5, 0.6) is 0 Å². The lowest BCUT2D eigenvalue weighted by atomic mass is 10.0. The van der Waals surface area contributed by atoms with Gasteiger partial charge in [-0.2, -0.15) is 10.1 Å². The fraction of sp³-hybridized carbons (Fsp3) is 0.158. The van der Waals surface area contributed by atoms with Gasteiger partial charge < -0.3 is 11.5 Å². The van der Waals surface area contributed by atoms with Gasteiger partial charge in [0.2, 0.25) is 11.9 Å². The minimum absolute atomic E-state index is 0.0565. The summed E-state index contributed by atoms with van der Waals surface area (Å²) in [5.41, 5.74) is 17.5. The summed E-state index contributed by atoms with van der Waals surface area (Å²) in [5, 5.41) is 19.9. The maximum absolute atomic E-state index is 11.6. The predicted octanol–water partition coefficient (Wildman–Crippen LogP) is 2.27. The van der Waals surface area contributed by atoms with Gasteiger partial charge >= 0.3 is 0 Å². The molecule has 3 rings (SSSR count). The number of ketones is 1. The summed E-state index contributed by atoms with van der Waals surface area (Å²) in [6, 6.07) is 11.8. The van der Waals surface area contributed by atoms with Gasteiger partial charge in [0.05, 0.1) is 5.71 Å². The molecule has 0 spiro atoms. The zero-order valence-corrected chi connectivity index (χ0v) is 14.6. The Labute approximate surface area is 151 Å². The van der Waals surface area contributed by atoms with E-state index in [9.17, 15) is 4.79 Å². The molecule has 0 saturated carbocycles. The molecule has 0 aromatic heterocycles. The lowest BCUT2D eigenvalue weighted by molar-refractivity contribution is 0.101. The van der Waals surface area contributed by atoms with Crippen LogP contribution in [0.25, 0.3) is 11.1 Å². The highest BCUT2D eigenvalue weighted by Gasteiger charge is 2.20. The average molecular weight is 348 g/mol. The number of carbonyl (C=O) groups is 1. The van der Waals surface area contributed by atoms with E-state index in [4.69, 9.17) is 22.3 Å². The fourth-order valence-electron chi connectivity index (χ4n) is 3.10. The van der Waals surface area contributed by atoms with Crippen LogP contribution in [-0.2, 0) is 6.42 Å². The fourth-order valence-corrected chi connectivity index (χ4v) is 3.10. The van der Waals surface area contributed by atoms with Crippen molar-refractivity contribution in [3.05, 3.63) is 58.7 Å². The van der Waals surface area contributed by atoms with E-state index in [1.165, 1.54) is 0 Å². The Hall–Kier alpha value is -3.48. The average Bonchev–Trinajstić information content (AvgIpc) is 2.95. The molecule has 26 heavy (non-hydrogen) atoms. The maximum atomic E-state index is 11.6. The second-order valence-electron chi connectivity index (χ2n) is 6.24. The number of guanidine groups is 2. The first-order chi connectivity index (χ1) is 12.3. The van der Waals surface area contributed by atoms with Gasteiger partial charge in [-0.1, -0.05) is 24.3 Å². The Morgan fingerprint density at radius 3 is 1.96 bits per heavy atom. The molecule has 2 aromatic carbocycles. The van der Waals surface area contributed by atoms with Crippen molar-refractivity contribution in [2.45, 2.75) is 20.3 Å². The Kier molecular flexibility index (Phi) is 4.29. The van der Waals surface area contributed by atoms with Crippen LogP contribution in [0.15, 0.2) is 41.5 Å². The molecule has 0 fully saturated rings. The molecule has 0 unspecified atom stereocenters. The monoisotopic (exact) mass is 348 g/mol. The van der Waals surface area contributed by atoms with E-state index in [0.717, 1.165) is 39.2 Å². The van der Waals surface area contributed by atoms with Crippen molar-refractivity contribution in [1.29, 1.82) is 10.8 Å². The van der Waals surface area contributed by atoms with Crippen LogP contribution in [0.3, 0.4) is 0 Å². The molecule has 0 aliphatic heterocycles. The van der Waals surface area contributed by atoms with E-state index in [2.05, 4.69) is 5.10 Å². The second kappa shape index (κ2) is 6.44. The number of Topliss-reactive ketones (excluding diaryl/α,β-unsaturated/α-hetero) is 1. The van der Waals surface area contributed by atoms with Crippen molar-refractivity contribution in [2.24, 2.45) is 16.6 Å². The van der Waals surface area contributed by atoms with Crippen LogP contribution in [0, 0.1) is 10.8 Å². The first-order valence-electron chi connectivity index (χ1n) is 8.09. The van der Waals surface area contributed by atoms with E-state index in [1.54, 1.807) is 13.8 Å². The third-order valence-corrected chi connectivity index (χ3v) is 4.41. The zero-order chi connectivity index (χ0) is 19.0. The molecule has 7 nitrogen and oxygen atoms in total. The number of nitrogens with zero attached hydrogens (tertiary/aromatic N) is 2. The predicted molar refractivity (Wildman–Crippen MR) is 103 cm³/mol. The van der Waals surface area contributed by atoms with Gasteiger partial charge in [-0.05, 0) is 60.2 Å². The van der Waals surface area contributed by atoms with Gasteiger partial charge in [0.1, 0.15) is 0 Å². The van der Waals surface area contributed by atoms with Crippen LogP contribution >= 0.6 is 0 Å². The highest BCUT2D eigenvalue weighted by molar-refractivity contribution is 6.03. The van der Waals surface area contributed by atoms with E-state index in [1.807, 2.05) is 36.4 Å². The lowest BCUT2D eigenvalue weighted by Gasteiger charge is -2.15. The van der Waals surface area contributed by atoms with Gasteiger partial charge in [0.25, 0.3) is 0 Å². The molecule has 132 valence electrons. The smallest absolute Gasteiger partial charge is 0.216 e. The van der Waals surface area contributed by atoms with Crippen LogP contribution in [0.4, 0.5) is 0 Å². The maximum Gasteiger partial charge on any atom is 0.216 e. The molecule has 1 aliphatic rings. The number of nitrogens with two attached hydrogens (primary N) is 2. The summed E-state index contributed by atoms with van der Waals surface area (Å²) in [4.78, 5) is 11.6. The van der Waals surface area contributed by atoms with Crippen molar-refractivity contribution in [2.75, 3.05) is 0 Å². The minimum atomic E-state index is -0.415. The number of hydrogen-bond acceptors (Lipinski definition) is 4. The minimum Gasteiger partial charge on any atom is -0.368 e. The van der Waals surface area contributed by atoms with Crippen LogP contribution in [0.2, 0.25) is 0 Å². The number of hydrazone groups is 1. The number of hydrogen-bond donors (Lipinski definition) is 4. The van der Waals surface area contributed by atoms with E-state index in [-0.39, 0.29) is 5.78 Å². The van der Waals surface area contributed by atoms with Gasteiger partial charge in [0, 0.05) is 5.56 Å². The molecule has 0 amide bonds. The molecule has 0 bridgehead atoms. The van der Waals surface area contributed by atoms with Crippen molar-refractivity contribution < 1.29 is 4.79 Å². The molecule has 7 heteroatoms. The first kappa shape index (κ1) is 17.3. The molecular weight excluding hydrogens is 328 g/mol. The van der Waals surface area contributed by atoms with Gasteiger partial charge in [-0.3, -0.25) is 15.6 Å². The molecule has 2 aromatic rings. The summed E-state index contributed by atoms with van der Waals surface area (Å²) in [6.45, 7) is 3.34. The zero-order valence-electron chi connectivity index (χ0n) is 14.6. The third-order valence-electron chi connectivity index (χ3n) is 4.41. The SMILES string of the molecule is CC(=O)c1ccc2c(c1)Cc1cc(C(C)=NN(C(=N)N)C(=N)N)ccc1-2. The van der Waals surface area contributed by atoms with E-state index >= 15 is 0 Å². The van der Waals surface area contributed by atoms with E-state index < -0.39 is 11.9 Å². The van der Waals surface area contributed by atoms with Crippen molar-refractivity contribution in [3.8, 4) is 11.1 Å². The largest absolute Gasteiger partial charge is 0.368 e. The first-order valence-corrected chi connectivity index (χ1v) is 8.09. The number of fused-ring (bicyclic) bond motifs is 3. The van der Waals surface area contributed by atoms with Crippen molar-refractivity contribution in [1.82, 2.24) is 5.01 Å². The molecule has 0 saturated heterocycles. The molecular formula is C19H20N6O. The Balaban J connectivity index is 1.95. The van der Waals surface area contributed by atoms with Gasteiger partial charge in [0.15, 0.2) is 5.78 Å². The molecule has 6 N–H and O–H groups in total. The molecule has 1 aliphatic carbocycles. The molecule has 0 heterocycles. The van der Waals surface area contributed by atoms with Gasteiger partial charge in [-0.25, -0.2) is 0 Å². The summed E-state index contributed by atoms with van der Waals surface area (Å²) >= 11 is 0. The normalized spacial score (nSPS) is 12.3. The topological polar surface area (TPSA) is 132 Å². The van der Waals surface area contributed by atoms with Crippen LogP contribution in [-0.4, -0.2) is 28.4 Å². The van der Waals surface area contributed by atoms with Crippen LogP contribution < -0.4 is 11.5 Å². The number of nitrogens with one attached hydrogen (secondary N) is 2. The summed E-state index contributed by atoms with van der Waals surface area (Å²) < 4.78 is 0. The lowest BCUT2D eigenvalue weighted by Crippen LogP contribution is -2.41. The summed E-state index contributed by atoms with van der Waals surface area (Å²) in [5.74, 6) is -0.773. The Morgan fingerprint density at radius 1 is 0.962 bits per heavy atom. The summed E-state index contributed by atoms with van der Waals surface area (Å²) in [6.07, 6.45) is 0.746. The molecule has 0 radical (unpaired) electrons. The van der Waals surface area contributed by atoms with Crippen molar-refractivity contribution >= 4 is 23.4 Å². The number of rotatable bonds is 3. The van der Waals surface area contributed by atoms with Gasteiger partial charge in [-0.15, -0.1) is 0 Å². The second-order valence-corrected chi connectivity index (χ2v) is 6.24. The standard InChI is InChI=1S/C19H20N6O/c1-10(24-25(18(20)21)19(22)23)12-3-5-16-14(7-12)9-15-8-13(11(2)26)4-6-17(15)16/h3-8H,9H2,1-2H3,(H3,20,21)(H3,22,23). The molecule has 0 atom stereocenters. The number of benzene rings is 2. The highest BCUT2D eigenvalue weighted by atomic mass is 16.1. The Morgan fingerprint density at radius 2 is 1.46 bits per heavy atom. The quantitative estimate of drug-likeness (QED) is 0.250. The number of carbonyl (C=O) groups excluding carboxylic acids is 1.